The molecule has 0 unspecified atom stereocenters. The lowest BCUT2D eigenvalue weighted by molar-refractivity contribution is 0.609. The molecule has 0 saturated heterocycles. The van der Waals surface area contributed by atoms with Gasteiger partial charge in [0.25, 0.3) is 0 Å². The Bertz CT molecular complexity index is 825. The molecule has 3 rings (SSSR count). The minimum Gasteiger partial charge on any atom is -0.310 e. The van der Waals surface area contributed by atoms with Gasteiger partial charge in [0.1, 0.15) is 10.8 Å². The van der Waals surface area contributed by atoms with Crippen LogP contribution in [0, 0.1) is 0 Å². The highest BCUT2D eigenvalue weighted by Crippen LogP contribution is 2.36. The summed E-state index contributed by atoms with van der Waals surface area (Å²) in [5, 5.41) is 1.66. The SMILES string of the molecule is CCCCCCCCc1cc2c(s1)N=C(NN)CN=C2c1ccccc1Cl. The van der Waals surface area contributed by atoms with Crippen LogP contribution in [0.25, 0.3) is 0 Å². The molecule has 0 atom stereocenters. The van der Waals surface area contributed by atoms with Crippen molar-refractivity contribution in [2.45, 2.75) is 51.9 Å². The van der Waals surface area contributed by atoms with Crippen LogP contribution >= 0.6 is 22.9 Å². The molecule has 1 aliphatic heterocycles. The number of amidine groups is 1. The first-order valence-electron chi connectivity index (χ1n) is 9.69. The van der Waals surface area contributed by atoms with Crippen molar-refractivity contribution >= 4 is 39.5 Å². The van der Waals surface area contributed by atoms with E-state index in [0.717, 1.165) is 28.3 Å². The molecular weight excluding hydrogens is 376 g/mol. The summed E-state index contributed by atoms with van der Waals surface area (Å²) in [5.41, 5.74) is 5.56. The van der Waals surface area contributed by atoms with Gasteiger partial charge in [0.15, 0.2) is 0 Å². The summed E-state index contributed by atoms with van der Waals surface area (Å²) in [6.45, 7) is 2.67. The van der Waals surface area contributed by atoms with Gasteiger partial charge in [-0.15, -0.1) is 11.3 Å². The van der Waals surface area contributed by atoms with E-state index in [9.17, 15) is 0 Å². The molecule has 0 aliphatic carbocycles. The number of aryl methyl sites for hydroxylation is 1. The molecule has 0 fully saturated rings. The van der Waals surface area contributed by atoms with Gasteiger partial charge in [-0.1, -0.05) is 68.8 Å². The fourth-order valence-electron chi connectivity index (χ4n) is 3.25. The zero-order chi connectivity index (χ0) is 19.1. The molecule has 1 aliphatic rings. The van der Waals surface area contributed by atoms with E-state index >= 15 is 0 Å². The van der Waals surface area contributed by atoms with Gasteiger partial charge >= 0.3 is 0 Å². The van der Waals surface area contributed by atoms with Crippen molar-refractivity contribution in [3.8, 4) is 0 Å². The van der Waals surface area contributed by atoms with Gasteiger partial charge in [-0.3, -0.25) is 4.99 Å². The van der Waals surface area contributed by atoms with Crippen LogP contribution in [0.2, 0.25) is 5.02 Å². The van der Waals surface area contributed by atoms with E-state index in [4.69, 9.17) is 27.4 Å². The van der Waals surface area contributed by atoms with Crippen LogP contribution in [-0.4, -0.2) is 18.1 Å². The second-order valence-corrected chi connectivity index (χ2v) is 8.32. The summed E-state index contributed by atoms with van der Waals surface area (Å²) >= 11 is 8.18. The number of benzene rings is 1. The maximum Gasteiger partial charge on any atom is 0.139 e. The second kappa shape index (κ2) is 10.0. The Kier molecular flexibility index (Phi) is 7.44. The number of rotatable bonds is 8. The molecule has 0 saturated carbocycles. The molecule has 0 amide bonds. The van der Waals surface area contributed by atoms with Crippen LogP contribution in [0.1, 0.15) is 61.5 Å². The molecule has 2 heterocycles. The monoisotopic (exact) mass is 402 g/mol. The Labute approximate surface area is 170 Å². The van der Waals surface area contributed by atoms with E-state index in [1.54, 1.807) is 11.3 Å². The van der Waals surface area contributed by atoms with E-state index in [-0.39, 0.29) is 0 Å². The van der Waals surface area contributed by atoms with Crippen LogP contribution in [0.4, 0.5) is 5.00 Å². The molecular formula is C21H27ClN4S. The molecule has 4 nitrogen and oxygen atoms in total. The standard InChI is InChI=1S/C21H27ClN4S/c1-2-3-4-5-6-7-10-15-13-17-20(16-11-8-9-12-18(16)22)24-14-19(26-23)25-21(17)27-15/h8-9,11-13H,2-7,10,14,23H2,1H3,(H,25,26). The summed E-state index contributed by atoms with van der Waals surface area (Å²) in [7, 11) is 0. The molecule has 27 heavy (non-hydrogen) atoms. The first-order valence-corrected chi connectivity index (χ1v) is 10.9. The third-order valence-corrected chi connectivity index (χ3v) is 6.13. The molecule has 3 N–H and O–H groups in total. The fourth-order valence-corrected chi connectivity index (χ4v) is 4.56. The lowest BCUT2D eigenvalue weighted by Gasteiger charge is -2.07. The van der Waals surface area contributed by atoms with Gasteiger partial charge in [0.2, 0.25) is 0 Å². The van der Waals surface area contributed by atoms with Crippen LogP contribution in [0.3, 0.4) is 0 Å². The third-order valence-electron chi connectivity index (χ3n) is 4.71. The minimum absolute atomic E-state index is 0.422. The second-order valence-electron chi connectivity index (χ2n) is 6.80. The number of hydrogen-bond acceptors (Lipinski definition) is 5. The molecule has 2 aromatic rings. The summed E-state index contributed by atoms with van der Waals surface area (Å²) < 4.78 is 0. The highest BCUT2D eigenvalue weighted by molar-refractivity contribution is 7.16. The van der Waals surface area contributed by atoms with Gasteiger partial charge in [-0.25, -0.2) is 10.8 Å². The molecule has 0 spiro atoms. The van der Waals surface area contributed by atoms with Gasteiger partial charge in [-0.2, -0.15) is 0 Å². The van der Waals surface area contributed by atoms with E-state index in [1.165, 1.54) is 43.4 Å². The third kappa shape index (κ3) is 5.18. The van der Waals surface area contributed by atoms with Crippen molar-refractivity contribution in [1.82, 2.24) is 5.43 Å². The molecule has 144 valence electrons. The highest BCUT2D eigenvalue weighted by atomic mass is 35.5. The lowest BCUT2D eigenvalue weighted by atomic mass is 10.0. The normalized spacial score (nSPS) is 13.6. The number of hydrogen-bond donors (Lipinski definition) is 2. The van der Waals surface area contributed by atoms with Crippen molar-refractivity contribution in [3.05, 3.63) is 51.4 Å². The Balaban J connectivity index is 1.80. The van der Waals surface area contributed by atoms with Crippen molar-refractivity contribution in [1.29, 1.82) is 0 Å². The number of hydrazine groups is 1. The smallest absolute Gasteiger partial charge is 0.139 e. The summed E-state index contributed by atoms with van der Waals surface area (Å²) in [4.78, 5) is 10.8. The van der Waals surface area contributed by atoms with Gasteiger partial charge in [0, 0.05) is 21.0 Å². The quantitative estimate of drug-likeness (QED) is 0.340. The maximum atomic E-state index is 6.44. The van der Waals surface area contributed by atoms with Crippen LogP contribution < -0.4 is 11.3 Å². The zero-order valence-corrected chi connectivity index (χ0v) is 17.4. The van der Waals surface area contributed by atoms with Crippen molar-refractivity contribution in [2.75, 3.05) is 6.54 Å². The largest absolute Gasteiger partial charge is 0.310 e. The number of fused-ring (bicyclic) bond motifs is 1. The Hall–Kier alpha value is -1.69. The first kappa shape index (κ1) is 20.1. The number of nitrogens with one attached hydrogen (secondary N) is 1. The predicted octanol–water partition coefficient (Wildman–Crippen LogP) is 5.65. The van der Waals surface area contributed by atoms with Gasteiger partial charge in [-0.05, 0) is 25.0 Å². The van der Waals surface area contributed by atoms with Crippen molar-refractivity contribution in [3.63, 3.8) is 0 Å². The average Bonchev–Trinajstić information content (AvgIpc) is 2.99. The predicted molar refractivity (Wildman–Crippen MR) is 118 cm³/mol. The molecule has 1 aromatic heterocycles. The highest BCUT2D eigenvalue weighted by Gasteiger charge is 2.20. The fraction of sp³-hybridized carbons (Fsp3) is 0.429. The number of unbranched alkanes of at least 4 members (excludes halogenated alkanes) is 5. The molecule has 0 radical (unpaired) electrons. The van der Waals surface area contributed by atoms with Crippen molar-refractivity contribution < 1.29 is 0 Å². The zero-order valence-electron chi connectivity index (χ0n) is 15.8. The average molecular weight is 403 g/mol. The maximum absolute atomic E-state index is 6.44. The summed E-state index contributed by atoms with van der Waals surface area (Å²) in [6.07, 6.45) is 8.88. The molecule has 6 heteroatoms. The number of halogens is 1. The van der Waals surface area contributed by atoms with E-state index in [0.29, 0.717) is 17.4 Å². The van der Waals surface area contributed by atoms with E-state index in [1.807, 2.05) is 24.3 Å². The molecule has 0 bridgehead atoms. The lowest BCUT2D eigenvalue weighted by Crippen LogP contribution is -2.32. The first-order chi connectivity index (χ1) is 13.2. The Morgan fingerprint density at radius 1 is 1.11 bits per heavy atom. The number of nitrogens with zero attached hydrogens (tertiary/aromatic N) is 2. The minimum atomic E-state index is 0.422. The van der Waals surface area contributed by atoms with Crippen LogP contribution in [-0.2, 0) is 6.42 Å². The van der Waals surface area contributed by atoms with E-state index < -0.39 is 0 Å². The number of thiophene rings is 1. The Morgan fingerprint density at radius 3 is 2.67 bits per heavy atom. The van der Waals surface area contributed by atoms with Crippen LogP contribution in [0.15, 0.2) is 40.3 Å². The molecule has 1 aromatic carbocycles. The van der Waals surface area contributed by atoms with Gasteiger partial charge < -0.3 is 5.43 Å². The Morgan fingerprint density at radius 2 is 1.89 bits per heavy atom. The van der Waals surface area contributed by atoms with Gasteiger partial charge in [0.05, 0.1) is 12.3 Å². The number of nitrogens with two attached hydrogens (primary N) is 1. The summed E-state index contributed by atoms with van der Waals surface area (Å²) in [5.74, 6) is 6.29. The number of aliphatic imine (C=N–C) groups is 2. The van der Waals surface area contributed by atoms with Crippen LogP contribution in [0.5, 0.6) is 0 Å². The topological polar surface area (TPSA) is 62.8 Å². The summed E-state index contributed by atoms with van der Waals surface area (Å²) in [6, 6.07) is 10.1. The van der Waals surface area contributed by atoms with E-state index in [2.05, 4.69) is 18.4 Å². The van der Waals surface area contributed by atoms with Crippen molar-refractivity contribution in [2.24, 2.45) is 15.8 Å².